The molecule has 0 radical (unpaired) electrons. The minimum atomic E-state index is -0.174. The number of likely N-dealkylation sites (N-methyl/N-ethyl adjacent to an activating group) is 1. The molecule has 2 N–H and O–H groups in total. The zero-order valence-corrected chi connectivity index (χ0v) is 18.5. The van der Waals surface area contributed by atoms with Gasteiger partial charge in [-0.05, 0) is 88.1 Å². The summed E-state index contributed by atoms with van der Waals surface area (Å²) in [4.78, 5) is 15.8. The maximum atomic E-state index is 12.5. The lowest BCUT2D eigenvalue weighted by molar-refractivity contribution is 0.248. The molecule has 0 unspecified atom stereocenters. The summed E-state index contributed by atoms with van der Waals surface area (Å²) in [6.45, 7) is 7.03. The van der Waals surface area contributed by atoms with Crippen molar-refractivity contribution in [2.24, 2.45) is 0 Å². The molecule has 6 nitrogen and oxygen atoms in total. The van der Waals surface area contributed by atoms with Gasteiger partial charge in [0.25, 0.3) is 0 Å². The Balaban J connectivity index is 1.39. The fraction of sp³-hybridized carbons (Fsp3) is 0.545. The summed E-state index contributed by atoms with van der Waals surface area (Å²) in [6.07, 6.45) is 11.2. The minimum Gasteiger partial charge on any atom is -0.311 e. The first-order valence-corrected chi connectivity index (χ1v) is 11.4. The molecule has 29 heavy (non-hydrogen) atoms. The zero-order valence-electron chi connectivity index (χ0n) is 17.7. The molecular formula is C22H31N5OS. The van der Waals surface area contributed by atoms with Crippen molar-refractivity contribution < 1.29 is 4.79 Å². The number of nitrogens with one attached hydrogen (secondary N) is 2. The van der Waals surface area contributed by atoms with Crippen molar-refractivity contribution in [2.75, 3.05) is 13.6 Å². The molecule has 1 aliphatic heterocycles. The Morgan fingerprint density at radius 2 is 2.03 bits per heavy atom. The largest absolute Gasteiger partial charge is 0.329 e. The zero-order chi connectivity index (χ0) is 20.4. The molecule has 3 aliphatic rings. The first-order valence-electron chi connectivity index (χ1n) is 10.6. The first kappa shape index (κ1) is 20.3. The number of hydrogen-bond acceptors (Lipinski definition) is 4. The number of hydrogen-bond donors (Lipinski definition) is 2. The second-order valence-corrected chi connectivity index (χ2v) is 9.21. The van der Waals surface area contributed by atoms with Gasteiger partial charge in [0.15, 0.2) is 0 Å². The fourth-order valence-corrected chi connectivity index (χ4v) is 5.12. The second kappa shape index (κ2) is 8.79. The van der Waals surface area contributed by atoms with Crippen LogP contribution in [0.15, 0.2) is 45.2 Å². The van der Waals surface area contributed by atoms with E-state index < -0.39 is 0 Å². The number of allylic oxidation sites excluding steroid dienone is 6. The van der Waals surface area contributed by atoms with Crippen molar-refractivity contribution in [2.45, 2.75) is 70.4 Å². The standard InChI is InChI=1S/C22H31N5OS/c1-15-6-4-7-17(15)12-18-8-5-9-19(18)16(2)24-22(28)25-29-21-13-23-27-11-10-26(3)14-20(21)27/h12-13H,4-11,14H2,1-3H3,(H2,24,25,28)/b18-12-,19-16+. The normalized spacial score (nSPS) is 22.9. The van der Waals surface area contributed by atoms with Gasteiger partial charge in [-0.2, -0.15) is 5.10 Å². The Kier molecular flexibility index (Phi) is 6.15. The number of carbonyl (C=O) groups is 1. The number of aromatic nitrogens is 2. The van der Waals surface area contributed by atoms with Crippen LogP contribution in [0.2, 0.25) is 0 Å². The number of fused-ring (bicyclic) bond motifs is 1. The third kappa shape index (κ3) is 4.61. The molecule has 4 rings (SSSR count). The number of carbonyl (C=O) groups excluding carboxylic acids is 1. The molecule has 156 valence electrons. The molecule has 1 saturated carbocycles. The summed E-state index contributed by atoms with van der Waals surface area (Å²) < 4.78 is 4.96. The topological polar surface area (TPSA) is 62.2 Å². The van der Waals surface area contributed by atoms with Gasteiger partial charge >= 0.3 is 6.03 Å². The average molecular weight is 414 g/mol. The summed E-state index contributed by atoms with van der Waals surface area (Å²) in [5.41, 5.74) is 7.88. The van der Waals surface area contributed by atoms with E-state index in [9.17, 15) is 4.79 Å². The molecule has 0 aromatic carbocycles. The predicted molar refractivity (Wildman–Crippen MR) is 117 cm³/mol. The highest BCUT2D eigenvalue weighted by molar-refractivity contribution is 7.98. The summed E-state index contributed by atoms with van der Waals surface area (Å²) >= 11 is 1.35. The van der Waals surface area contributed by atoms with E-state index in [-0.39, 0.29) is 6.03 Å². The van der Waals surface area contributed by atoms with Crippen molar-refractivity contribution in [3.63, 3.8) is 0 Å². The highest BCUT2D eigenvalue weighted by atomic mass is 32.2. The Labute approximate surface area is 177 Å². The van der Waals surface area contributed by atoms with Gasteiger partial charge in [-0.25, -0.2) is 4.79 Å². The van der Waals surface area contributed by atoms with E-state index in [1.807, 2.05) is 17.8 Å². The number of nitrogens with zero attached hydrogens (tertiary/aromatic N) is 3. The molecular weight excluding hydrogens is 382 g/mol. The van der Waals surface area contributed by atoms with E-state index in [1.54, 1.807) is 0 Å². The SMILES string of the molecule is CC1=C(/C=C2/CCC/C2=C(/C)NC(=O)NSc2cnn3c2CN(C)CC3)CCC1. The Morgan fingerprint density at radius 3 is 2.83 bits per heavy atom. The summed E-state index contributed by atoms with van der Waals surface area (Å²) in [6, 6.07) is -0.174. The van der Waals surface area contributed by atoms with E-state index in [1.165, 1.54) is 65.6 Å². The van der Waals surface area contributed by atoms with Gasteiger partial charge < -0.3 is 5.32 Å². The van der Waals surface area contributed by atoms with Crippen LogP contribution in [0.5, 0.6) is 0 Å². The quantitative estimate of drug-likeness (QED) is 0.713. The molecule has 0 atom stereocenters. The Morgan fingerprint density at radius 1 is 1.21 bits per heavy atom. The second-order valence-electron chi connectivity index (χ2n) is 8.36. The minimum absolute atomic E-state index is 0.174. The summed E-state index contributed by atoms with van der Waals surface area (Å²) in [7, 11) is 2.11. The van der Waals surface area contributed by atoms with Crippen molar-refractivity contribution in [1.82, 2.24) is 24.7 Å². The lowest BCUT2D eigenvalue weighted by Gasteiger charge is -2.24. The van der Waals surface area contributed by atoms with E-state index >= 15 is 0 Å². The summed E-state index contributed by atoms with van der Waals surface area (Å²) in [5.74, 6) is 0. The van der Waals surface area contributed by atoms with Crippen LogP contribution in [0.3, 0.4) is 0 Å². The Bertz CT molecular complexity index is 895. The van der Waals surface area contributed by atoms with Crippen molar-refractivity contribution in [3.05, 3.63) is 46.0 Å². The molecule has 0 saturated heterocycles. The van der Waals surface area contributed by atoms with Crippen LogP contribution >= 0.6 is 11.9 Å². The molecule has 2 amide bonds. The van der Waals surface area contributed by atoms with Crippen molar-refractivity contribution in [1.29, 1.82) is 0 Å². The smallest absolute Gasteiger partial charge is 0.311 e. The van der Waals surface area contributed by atoms with E-state index in [0.717, 1.165) is 43.1 Å². The van der Waals surface area contributed by atoms with Gasteiger partial charge in [-0.1, -0.05) is 11.6 Å². The highest BCUT2D eigenvalue weighted by Crippen LogP contribution is 2.36. The number of rotatable bonds is 4. The third-order valence-electron chi connectivity index (χ3n) is 6.19. The van der Waals surface area contributed by atoms with Crippen LogP contribution in [-0.4, -0.2) is 34.3 Å². The van der Waals surface area contributed by atoms with E-state index in [4.69, 9.17) is 0 Å². The monoisotopic (exact) mass is 413 g/mol. The van der Waals surface area contributed by atoms with Crippen LogP contribution < -0.4 is 10.0 Å². The maximum Gasteiger partial charge on any atom is 0.329 e. The molecule has 2 heterocycles. The lowest BCUT2D eigenvalue weighted by atomic mass is 10.0. The van der Waals surface area contributed by atoms with Crippen molar-refractivity contribution >= 4 is 18.0 Å². The molecule has 2 aliphatic carbocycles. The van der Waals surface area contributed by atoms with Gasteiger partial charge in [0.05, 0.1) is 23.3 Å². The fourth-order valence-electron chi connectivity index (χ4n) is 4.48. The van der Waals surface area contributed by atoms with E-state index in [2.05, 4.69) is 40.1 Å². The van der Waals surface area contributed by atoms with Gasteiger partial charge in [0.1, 0.15) is 0 Å². The predicted octanol–water partition coefficient (Wildman–Crippen LogP) is 4.52. The van der Waals surface area contributed by atoms with Crippen molar-refractivity contribution in [3.8, 4) is 0 Å². The van der Waals surface area contributed by atoms with Gasteiger partial charge in [0.2, 0.25) is 0 Å². The third-order valence-corrected chi connectivity index (χ3v) is 7.03. The number of amides is 2. The molecule has 0 spiro atoms. The van der Waals surface area contributed by atoms with E-state index in [0.29, 0.717) is 0 Å². The van der Waals surface area contributed by atoms with Gasteiger partial charge in [0, 0.05) is 18.8 Å². The van der Waals surface area contributed by atoms with Crippen LogP contribution in [0, 0.1) is 0 Å². The molecule has 1 aromatic rings. The molecule has 1 aromatic heterocycles. The highest BCUT2D eigenvalue weighted by Gasteiger charge is 2.21. The van der Waals surface area contributed by atoms with Crippen LogP contribution in [0.1, 0.15) is 58.1 Å². The van der Waals surface area contributed by atoms with Crippen LogP contribution in [0.25, 0.3) is 0 Å². The molecule has 1 fully saturated rings. The Hall–Kier alpha value is -1.99. The molecule has 7 heteroatoms. The van der Waals surface area contributed by atoms with Gasteiger partial charge in [-0.3, -0.25) is 14.3 Å². The lowest BCUT2D eigenvalue weighted by Crippen LogP contribution is -2.32. The number of urea groups is 1. The van der Waals surface area contributed by atoms with Crippen LogP contribution in [0.4, 0.5) is 4.79 Å². The molecule has 0 bridgehead atoms. The summed E-state index contributed by atoms with van der Waals surface area (Å²) in [5, 5.41) is 7.49. The van der Waals surface area contributed by atoms with Crippen LogP contribution in [-0.2, 0) is 13.1 Å². The average Bonchev–Trinajstić information content (AvgIpc) is 3.41. The first-order chi connectivity index (χ1) is 14.0. The maximum absolute atomic E-state index is 12.5. The van der Waals surface area contributed by atoms with Gasteiger partial charge in [-0.15, -0.1) is 0 Å².